The van der Waals surface area contributed by atoms with Gasteiger partial charge in [-0.15, -0.1) is 11.3 Å². The van der Waals surface area contributed by atoms with E-state index in [1.54, 1.807) is 19.0 Å². The zero-order chi connectivity index (χ0) is 21.0. The number of nitrogens with zero attached hydrogens (tertiary/aromatic N) is 3. The molecular weight excluding hydrogens is 382 g/mol. The lowest BCUT2D eigenvalue weighted by Crippen LogP contribution is -2.38. The molecular formula is C23H31N3O2S. The Kier molecular flexibility index (Phi) is 7.06. The Balaban J connectivity index is 1.47. The standard InChI is InChI=1S/C23H31N3O2S/c1-16-22(29-17(2)24-16)23(28)26-13-11-20(12-14-26)15-19-7-5-18(6-8-19)9-10-21(27)25(3)4/h5-8,20H,9-15H2,1-4H3. The average molecular weight is 414 g/mol. The number of benzene rings is 1. The van der Waals surface area contributed by atoms with Crippen molar-refractivity contribution in [1.29, 1.82) is 0 Å². The van der Waals surface area contributed by atoms with Crippen LogP contribution in [0.15, 0.2) is 24.3 Å². The first-order chi connectivity index (χ1) is 13.8. The molecule has 0 bridgehead atoms. The number of amides is 2. The highest BCUT2D eigenvalue weighted by Gasteiger charge is 2.26. The second-order valence-corrected chi connectivity index (χ2v) is 9.39. The van der Waals surface area contributed by atoms with E-state index < -0.39 is 0 Å². The molecule has 156 valence electrons. The van der Waals surface area contributed by atoms with E-state index in [2.05, 4.69) is 29.2 Å². The predicted octanol–water partition coefficient (Wildman–Crippen LogP) is 3.88. The van der Waals surface area contributed by atoms with Crippen molar-refractivity contribution in [2.45, 2.75) is 46.0 Å². The minimum absolute atomic E-state index is 0.142. The first-order valence-electron chi connectivity index (χ1n) is 10.3. The Morgan fingerprint density at radius 3 is 2.28 bits per heavy atom. The Morgan fingerprint density at radius 2 is 1.72 bits per heavy atom. The number of rotatable bonds is 6. The van der Waals surface area contributed by atoms with E-state index in [9.17, 15) is 9.59 Å². The first kappa shape index (κ1) is 21.5. The highest BCUT2D eigenvalue weighted by molar-refractivity contribution is 7.13. The van der Waals surface area contributed by atoms with E-state index in [1.165, 1.54) is 22.5 Å². The lowest BCUT2D eigenvalue weighted by Gasteiger charge is -2.32. The fourth-order valence-corrected chi connectivity index (χ4v) is 4.75. The monoisotopic (exact) mass is 413 g/mol. The van der Waals surface area contributed by atoms with Crippen LogP contribution in [0.2, 0.25) is 0 Å². The SMILES string of the molecule is Cc1nc(C)c(C(=O)N2CCC(Cc3ccc(CCC(=O)N(C)C)cc3)CC2)s1. The summed E-state index contributed by atoms with van der Waals surface area (Å²) >= 11 is 1.50. The summed E-state index contributed by atoms with van der Waals surface area (Å²) in [4.78, 5) is 33.3. The van der Waals surface area contributed by atoms with Gasteiger partial charge in [0.15, 0.2) is 0 Å². The molecule has 2 heterocycles. The van der Waals surface area contributed by atoms with Crippen LogP contribution in [-0.2, 0) is 17.6 Å². The summed E-state index contributed by atoms with van der Waals surface area (Å²) in [5.74, 6) is 0.923. The lowest BCUT2D eigenvalue weighted by atomic mass is 9.89. The van der Waals surface area contributed by atoms with Crippen molar-refractivity contribution in [3.63, 3.8) is 0 Å². The Hall–Kier alpha value is -2.21. The topological polar surface area (TPSA) is 53.5 Å². The Morgan fingerprint density at radius 1 is 1.10 bits per heavy atom. The van der Waals surface area contributed by atoms with Gasteiger partial charge in [0, 0.05) is 33.6 Å². The molecule has 29 heavy (non-hydrogen) atoms. The molecule has 0 saturated carbocycles. The lowest BCUT2D eigenvalue weighted by molar-refractivity contribution is -0.128. The molecule has 1 saturated heterocycles. The number of piperidine rings is 1. The number of aromatic nitrogens is 1. The molecule has 1 aromatic carbocycles. The van der Waals surface area contributed by atoms with Crippen molar-refractivity contribution in [3.05, 3.63) is 51.0 Å². The molecule has 1 aromatic heterocycles. The first-order valence-corrected chi connectivity index (χ1v) is 11.2. The minimum Gasteiger partial charge on any atom is -0.349 e. The number of hydrogen-bond acceptors (Lipinski definition) is 4. The second-order valence-electron chi connectivity index (χ2n) is 8.19. The van der Waals surface area contributed by atoms with Crippen molar-refractivity contribution in [1.82, 2.24) is 14.8 Å². The van der Waals surface area contributed by atoms with Crippen molar-refractivity contribution in [2.75, 3.05) is 27.2 Å². The average Bonchev–Trinajstić information content (AvgIpc) is 3.05. The molecule has 2 amide bonds. The summed E-state index contributed by atoms with van der Waals surface area (Å²) in [6, 6.07) is 8.67. The van der Waals surface area contributed by atoms with Crippen LogP contribution in [0.5, 0.6) is 0 Å². The number of aryl methyl sites for hydroxylation is 3. The van der Waals surface area contributed by atoms with Crippen molar-refractivity contribution in [2.24, 2.45) is 5.92 Å². The number of hydrogen-bond donors (Lipinski definition) is 0. The maximum Gasteiger partial charge on any atom is 0.265 e. The van der Waals surface area contributed by atoms with Crippen LogP contribution in [0.25, 0.3) is 0 Å². The molecule has 6 heteroatoms. The fraction of sp³-hybridized carbons (Fsp3) is 0.522. The molecule has 1 aliphatic rings. The summed E-state index contributed by atoms with van der Waals surface area (Å²) in [7, 11) is 3.59. The predicted molar refractivity (Wildman–Crippen MR) is 117 cm³/mol. The van der Waals surface area contributed by atoms with E-state index in [1.807, 2.05) is 18.7 Å². The van der Waals surface area contributed by atoms with E-state index in [0.717, 1.165) is 54.4 Å². The Bertz CT molecular complexity index is 850. The minimum atomic E-state index is 0.142. The van der Waals surface area contributed by atoms with Crippen LogP contribution in [0.1, 0.15) is 50.8 Å². The third-order valence-electron chi connectivity index (χ3n) is 5.67. The van der Waals surface area contributed by atoms with E-state index in [4.69, 9.17) is 0 Å². The van der Waals surface area contributed by atoms with Gasteiger partial charge in [0.1, 0.15) is 4.88 Å². The zero-order valence-electron chi connectivity index (χ0n) is 17.9. The van der Waals surface area contributed by atoms with E-state index in [0.29, 0.717) is 12.3 Å². The van der Waals surface area contributed by atoms with Crippen LogP contribution in [0, 0.1) is 19.8 Å². The molecule has 1 aliphatic heterocycles. The Labute approximate surface area is 177 Å². The summed E-state index contributed by atoms with van der Waals surface area (Å²) in [6.45, 7) is 5.52. The molecule has 0 aliphatic carbocycles. The molecule has 1 fully saturated rings. The summed E-state index contributed by atoms with van der Waals surface area (Å²) in [5.41, 5.74) is 3.40. The fourth-order valence-electron chi connectivity index (χ4n) is 3.86. The van der Waals surface area contributed by atoms with Crippen LogP contribution >= 0.6 is 11.3 Å². The van der Waals surface area contributed by atoms with Gasteiger partial charge in [-0.05, 0) is 56.6 Å². The van der Waals surface area contributed by atoms with Crippen LogP contribution < -0.4 is 0 Å². The van der Waals surface area contributed by atoms with Gasteiger partial charge >= 0.3 is 0 Å². The number of thiazole rings is 1. The normalized spacial score (nSPS) is 14.8. The van der Waals surface area contributed by atoms with Gasteiger partial charge in [-0.1, -0.05) is 24.3 Å². The third kappa shape index (κ3) is 5.66. The highest BCUT2D eigenvalue weighted by atomic mass is 32.1. The van der Waals surface area contributed by atoms with Crippen LogP contribution in [-0.4, -0.2) is 53.8 Å². The van der Waals surface area contributed by atoms with Crippen LogP contribution in [0.4, 0.5) is 0 Å². The third-order valence-corrected chi connectivity index (χ3v) is 6.73. The van der Waals surface area contributed by atoms with E-state index in [-0.39, 0.29) is 11.8 Å². The maximum atomic E-state index is 12.8. The number of carbonyl (C=O) groups excluding carboxylic acids is 2. The molecule has 0 radical (unpaired) electrons. The number of carbonyl (C=O) groups is 2. The zero-order valence-corrected chi connectivity index (χ0v) is 18.7. The van der Waals surface area contributed by atoms with Gasteiger partial charge in [0.05, 0.1) is 10.7 Å². The van der Waals surface area contributed by atoms with Gasteiger partial charge in [0.25, 0.3) is 5.91 Å². The molecule has 2 aromatic rings. The molecule has 5 nitrogen and oxygen atoms in total. The number of likely N-dealkylation sites (tertiary alicyclic amines) is 1. The summed E-state index contributed by atoms with van der Waals surface area (Å²) in [6.07, 6.45) is 4.48. The van der Waals surface area contributed by atoms with Crippen molar-refractivity contribution >= 4 is 23.2 Å². The second kappa shape index (κ2) is 9.53. The van der Waals surface area contributed by atoms with Crippen LogP contribution in [0.3, 0.4) is 0 Å². The van der Waals surface area contributed by atoms with Gasteiger partial charge in [-0.25, -0.2) is 4.98 Å². The molecule has 0 N–H and O–H groups in total. The largest absolute Gasteiger partial charge is 0.349 e. The van der Waals surface area contributed by atoms with Crippen molar-refractivity contribution in [3.8, 4) is 0 Å². The van der Waals surface area contributed by atoms with Gasteiger partial charge in [0.2, 0.25) is 5.91 Å². The quantitative estimate of drug-likeness (QED) is 0.722. The summed E-state index contributed by atoms with van der Waals surface area (Å²) < 4.78 is 0. The maximum absolute atomic E-state index is 12.8. The van der Waals surface area contributed by atoms with E-state index >= 15 is 0 Å². The highest BCUT2D eigenvalue weighted by Crippen LogP contribution is 2.25. The molecule has 0 atom stereocenters. The summed E-state index contributed by atoms with van der Waals surface area (Å²) in [5, 5.41) is 0.954. The van der Waals surface area contributed by atoms with Crippen molar-refractivity contribution < 1.29 is 9.59 Å². The molecule has 3 rings (SSSR count). The van der Waals surface area contributed by atoms with Gasteiger partial charge in [-0.2, -0.15) is 0 Å². The van der Waals surface area contributed by atoms with Gasteiger partial charge in [-0.3, -0.25) is 9.59 Å². The smallest absolute Gasteiger partial charge is 0.265 e. The van der Waals surface area contributed by atoms with Gasteiger partial charge < -0.3 is 9.80 Å². The molecule has 0 spiro atoms. The molecule has 0 unspecified atom stereocenters.